The summed E-state index contributed by atoms with van der Waals surface area (Å²) in [7, 11) is 0. The van der Waals surface area contributed by atoms with Crippen molar-refractivity contribution in [1.29, 1.82) is 0 Å². The van der Waals surface area contributed by atoms with Crippen LogP contribution in [0.25, 0.3) is 0 Å². The van der Waals surface area contributed by atoms with Crippen LogP contribution in [0.2, 0.25) is 0 Å². The molecule has 3 nitrogen and oxygen atoms in total. The van der Waals surface area contributed by atoms with E-state index in [-0.39, 0.29) is 6.04 Å². The molecule has 90 valence electrons. The molecule has 0 radical (unpaired) electrons. The summed E-state index contributed by atoms with van der Waals surface area (Å²) in [5.41, 5.74) is 7.56. The molecule has 1 aliphatic carbocycles. The van der Waals surface area contributed by atoms with Crippen molar-refractivity contribution in [3.63, 3.8) is 0 Å². The van der Waals surface area contributed by atoms with Gasteiger partial charge in [-0.15, -0.1) is 0 Å². The van der Waals surface area contributed by atoms with Crippen LogP contribution in [0, 0.1) is 0 Å². The largest absolute Gasteiger partial charge is 0.399 e. The van der Waals surface area contributed by atoms with Crippen molar-refractivity contribution in [3.8, 4) is 0 Å². The minimum atomic E-state index is -0.0131. The normalized spacial score (nSPS) is 26.1. The van der Waals surface area contributed by atoms with Gasteiger partial charge in [0.25, 0.3) is 0 Å². The number of nitrogens with zero attached hydrogens (tertiary/aromatic N) is 1. The van der Waals surface area contributed by atoms with Gasteiger partial charge in [-0.3, -0.25) is 9.69 Å². The second-order valence-electron chi connectivity index (χ2n) is 5.11. The molecule has 0 aromatic heterocycles. The second-order valence-corrected chi connectivity index (χ2v) is 5.11. The van der Waals surface area contributed by atoms with Crippen LogP contribution >= 0.6 is 0 Å². The molecule has 2 N–H and O–H groups in total. The highest BCUT2D eigenvalue weighted by Crippen LogP contribution is 2.37. The molecule has 1 saturated carbocycles. The van der Waals surface area contributed by atoms with E-state index in [4.69, 9.17) is 5.73 Å². The van der Waals surface area contributed by atoms with Gasteiger partial charge in [-0.2, -0.15) is 0 Å². The van der Waals surface area contributed by atoms with E-state index >= 15 is 0 Å². The number of nitrogens with two attached hydrogens (primary N) is 1. The number of rotatable bonds is 2. The van der Waals surface area contributed by atoms with Gasteiger partial charge in [0.2, 0.25) is 0 Å². The molecule has 1 saturated heterocycles. The van der Waals surface area contributed by atoms with Crippen molar-refractivity contribution in [2.75, 3.05) is 12.3 Å². The Hall–Kier alpha value is -1.35. The average molecular weight is 230 g/mol. The number of nitrogen functional groups attached to an aromatic ring is 1. The van der Waals surface area contributed by atoms with Gasteiger partial charge in [-0.1, -0.05) is 18.6 Å². The standard InChI is InChI=1S/C14H18N2O/c15-11-6-4-10(5-7-11)14-13(17)8-9-16(14)12-2-1-3-12/h4-7,12,14H,1-3,8-9,15H2. The molecule has 1 aromatic rings. The van der Waals surface area contributed by atoms with Gasteiger partial charge in [-0.25, -0.2) is 0 Å². The van der Waals surface area contributed by atoms with Gasteiger partial charge in [0.1, 0.15) is 0 Å². The molecule has 3 rings (SSSR count). The topological polar surface area (TPSA) is 46.3 Å². The van der Waals surface area contributed by atoms with Crippen molar-refractivity contribution in [1.82, 2.24) is 4.90 Å². The number of benzene rings is 1. The van der Waals surface area contributed by atoms with E-state index in [1.54, 1.807) is 0 Å². The van der Waals surface area contributed by atoms with E-state index in [0.717, 1.165) is 17.8 Å². The summed E-state index contributed by atoms with van der Waals surface area (Å²) in [4.78, 5) is 14.4. The Labute approximate surface area is 102 Å². The van der Waals surface area contributed by atoms with Crippen LogP contribution < -0.4 is 5.73 Å². The third kappa shape index (κ3) is 1.84. The molecule has 2 fully saturated rings. The SMILES string of the molecule is Nc1ccc(C2C(=O)CCN2C2CCC2)cc1. The summed E-state index contributed by atoms with van der Waals surface area (Å²) in [5.74, 6) is 0.363. The molecule has 1 heterocycles. The van der Waals surface area contributed by atoms with Crippen molar-refractivity contribution in [3.05, 3.63) is 29.8 Å². The van der Waals surface area contributed by atoms with E-state index < -0.39 is 0 Å². The molecule has 0 spiro atoms. The monoisotopic (exact) mass is 230 g/mol. The molecule has 1 aliphatic heterocycles. The fourth-order valence-corrected chi connectivity index (χ4v) is 2.86. The molecule has 3 heteroatoms. The maximum absolute atomic E-state index is 12.0. The highest BCUT2D eigenvalue weighted by molar-refractivity contribution is 5.87. The van der Waals surface area contributed by atoms with Crippen molar-refractivity contribution in [2.24, 2.45) is 0 Å². The molecule has 17 heavy (non-hydrogen) atoms. The van der Waals surface area contributed by atoms with Crippen LogP contribution in [0.3, 0.4) is 0 Å². The van der Waals surface area contributed by atoms with E-state index in [0.29, 0.717) is 18.2 Å². The van der Waals surface area contributed by atoms with Gasteiger partial charge in [0.15, 0.2) is 5.78 Å². The quantitative estimate of drug-likeness (QED) is 0.792. The van der Waals surface area contributed by atoms with E-state index in [1.165, 1.54) is 19.3 Å². The summed E-state index contributed by atoms with van der Waals surface area (Å²) in [5, 5.41) is 0. The van der Waals surface area contributed by atoms with E-state index in [9.17, 15) is 4.79 Å². The summed E-state index contributed by atoms with van der Waals surface area (Å²) in [6.45, 7) is 0.929. The molecule has 2 aliphatic rings. The number of carbonyl (C=O) groups excluding carboxylic acids is 1. The molecule has 0 amide bonds. The third-order valence-corrected chi connectivity index (χ3v) is 4.05. The smallest absolute Gasteiger partial charge is 0.155 e. The lowest BCUT2D eigenvalue weighted by Crippen LogP contribution is -2.40. The lowest BCUT2D eigenvalue weighted by molar-refractivity contribution is -0.120. The van der Waals surface area contributed by atoms with Gasteiger partial charge >= 0.3 is 0 Å². The van der Waals surface area contributed by atoms with Gasteiger partial charge in [0.05, 0.1) is 6.04 Å². The number of hydrogen-bond acceptors (Lipinski definition) is 3. The number of carbonyl (C=O) groups is 1. The minimum Gasteiger partial charge on any atom is -0.399 e. The fourth-order valence-electron chi connectivity index (χ4n) is 2.86. The lowest BCUT2D eigenvalue weighted by Gasteiger charge is -2.38. The van der Waals surface area contributed by atoms with Gasteiger partial charge < -0.3 is 5.73 Å². The Kier molecular flexibility index (Phi) is 2.63. The van der Waals surface area contributed by atoms with Crippen LogP contribution in [0.4, 0.5) is 5.69 Å². The Morgan fingerprint density at radius 2 is 1.88 bits per heavy atom. The number of Topliss-reactive ketones (excluding diaryl/α,β-unsaturated/α-hetero) is 1. The van der Waals surface area contributed by atoms with Crippen molar-refractivity contribution < 1.29 is 4.79 Å². The van der Waals surface area contributed by atoms with Crippen LogP contribution in [-0.2, 0) is 4.79 Å². The maximum atomic E-state index is 12.0. The Bertz CT molecular complexity index is 422. The Morgan fingerprint density at radius 1 is 1.18 bits per heavy atom. The second kappa shape index (κ2) is 4.15. The van der Waals surface area contributed by atoms with E-state index in [1.807, 2.05) is 24.3 Å². The van der Waals surface area contributed by atoms with Crippen LogP contribution in [0.5, 0.6) is 0 Å². The Morgan fingerprint density at radius 3 is 2.47 bits per heavy atom. The van der Waals surface area contributed by atoms with E-state index in [2.05, 4.69) is 4.90 Å². The zero-order valence-electron chi connectivity index (χ0n) is 9.93. The highest BCUT2D eigenvalue weighted by Gasteiger charge is 2.39. The van der Waals surface area contributed by atoms with Crippen LogP contribution in [0.15, 0.2) is 24.3 Å². The number of likely N-dealkylation sites (tertiary alicyclic amines) is 1. The number of hydrogen-bond donors (Lipinski definition) is 1. The van der Waals surface area contributed by atoms with Crippen LogP contribution in [0.1, 0.15) is 37.3 Å². The predicted molar refractivity (Wildman–Crippen MR) is 67.6 cm³/mol. The molecular formula is C14H18N2O. The minimum absolute atomic E-state index is 0.0131. The molecule has 0 bridgehead atoms. The molecule has 1 atom stereocenters. The predicted octanol–water partition coefficient (Wildman–Crippen LogP) is 2.14. The molecule has 1 aromatic carbocycles. The zero-order chi connectivity index (χ0) is 11.8. The Balaban J connectivity index is 1.87. The number of ketones is 1. The van der Waals surface area contributed by atoms with Crippen LogP contribution in [-0.4, -0.2) is 23.3 Å². The summed E-state index contributed by atoms with van der Waals surface area (Å²) in [6, 6.07) is 8.38. The number of anilines is 1. The zero-order valence-corrected chi connectivity index (χ0v) is 9.93. The average Bonchev–Trinajstić information content (AvgIpc) is 2.60. The first-order valence-corrected chi connectivity index (χ1v) is 6.39. The first-order valence-electron chi connectivity index (χ1n) is 6.39. The highest BCUT2D eigenvalue weighted by atomic mass is 16.1. The molecular weight excluding hydrogens is 212 g/mol. The van der Waals surface area contributed by atoms with Gasteiger partial charge in [0, 0.05) is 24.7 Å². The first kappa shape index (κ1) is 10.8. The lowest BCUT2D eigenvalue weighted by atomic mass is 9.90. The summed E-state index contributed by atoms with van der Waals surface area (Å²) >= 11 is 0. The van der Waals surface area contributed by atoms with Gasteiger partial charge in [-0.05, 0) is 30.5 Å². The molecule has 1 unspecified atom stereocenters. The van der Waals surface area contributed by atoms with Crippen molar-refractivity contribution >= 4 is 11.5 Å². The third-order valence-electron chi connectivity index (χ3n) is 4.05. The fraction of sp³-hybridized carbons (Fsp3) is 0.500. The maximum Gasteiger partial charge on any atom is 0.155 e. The summed E-state index contributed by atoms with van der Waals surface area (Å²) < 4.78 is 0. The first-order chi connectivity index (χ1) is 8.25. The summed E-state index contributed by atoms with van der Waals surface area (Å²) in [6.07, 6.45) is 4.51. The van der Waals surface area contributed by atoms with Crippen molar-refractivity contribution in [2.45, 2.75) is 37.8 Å².